The van der Waals surface area contributed by atoms with Crippen LogP contribution in [0.15, 0.2) is 54.6 Å². The summed E-state index contributed by atoms with van der Waals surface area (Å²) in [6, 6.07) is 14.6. The van der Waals surface area contributed by atoms with Crippen molar-refractivity contribution in [2.24, 2.45) is 5.73 Å². The Balaban J connectivity index is 1.89. The Bertz CT molecular complexity index is 656. The second-order valence-corrected chi connectivity index (χ2v) is 5.34. The Hall–Kier alpha value is -2.69. The van der Waals surface area contributed by atoms with E-state index in [1.807, 2.05) is 30.3 Å². The summed E-state index contributed by atoms with van der Waals surface area (Å²) in [4.78, 5) is 23.5. The van der Waals surface area contributed by atoms with E-state index in [1.54, 1.807) is 12.1 Å². The highest BCUT2D eigenvalue weighted by Gasteiger charge is 2.18. The van der Waals surface area contributed by atoms with Crippen LogP contribution in [0, 0.1) is 5.82 Å². The molecular formula is C18H19FN2O2. The normalized spacial score (nSPS) is 11.7. The first kappa shape index (κ1) is 16.7. The minimum absolute atomic E-state index is 0.236. The lowest BCUT2D eigenvalue weighted by molar-refractivity contribution is -0.127. The average molecular weight is 314 g/mol. The van der Waals surface area contributed by atoms with Crippen LogP contribution in [0.25, 0.3) is 0 Å². The van der Waals surface area contributed by atoms with Gasteiger partial charge >= 0.3 is 0 Å². The third-order valence-electron chi connectivity index (χ3n) is 3.52. The van der Waals surface area contributed by atoms with Gasteiger partial charge in [0.2, 0.25) is 11.8 Å². The molecule has 0 saturated carbocycles. The van der Waals surface area contributed by atoms with E-state index >= 15 is 0 Å². The van der Waals surface area contributed by atoms with Crippen molar-refractivity contribution < 1.29 is 14.0 Å². The summed E-state index contributed by atoms with van der Waals surface area (Å²) in [7, 11) is 0. The first-order valence-electron chi connectivity index (χ1n) is 7.41. The van der Waals surface area contributed by atoms with Crippen molar-refractivity contribution in [1.29, 1.82) is 0 Å². The standard InChI is InChI=1S/C18H19FN2O2/c19-15-9-6-14(7-10-15)12-16(18(20)23)21-17(22)11-8-13-4-2-1-3-5-13/h1-7,9-10,16H,8,11-12H2,(H2,20,23)(H,21,22)/t16-/m0/s1. The molecular weight excluding hydrogens is 295 g/mol. The fourth-order valence-corrected chi connectivity index (χ4v) is 2.25. The van der Waals surface area contributed by atoms with Crippen LogP contribution < -0.4 is 11.1 Å². The van der Waals surface area contributed by atoms with Crippen LogP contribution in [0.3, 0.4) is 0 Å². The van der Waals surface area contributed by atoms with Gasteiger partial charge < -0.3 is 11.1 Å². The molecule has 0 fully saturated rings. The number of hydrogen-bond donors (Lipinski definition) is 2. The number of carbonyl (C=O) groups excluding carboxylic acids is 2. The highest BCUT2D eigenvalue weighted by atomic mass is 19.1. The minimum Gasteiger partial charge on any atom is -0.368 e. The number of nitrogens with one attached hydrogen (secondary N) is 1. The largest absolute Gasteiger partial charge is 0.368 e. The lowest BCUT2D eigenvalue weighted by Gasteiger charge is -2.15. The lowest BCUT2D eigenvalue weighted by Crippen LogP contribution is -2.45. The molecule has 0 aliphatic heterocycles. The molecule has 4 nitrogen and oxygen atoms in total. The maximum atomic E-state index is 12.9. The molecule has 120 valence electrons. The molecule has 2 aromatic rings. The van der Waals surface area contributed by atoms with Crippen molar-refractivity contribution in [3.8, 4) is 0 Å². The number of halogens is 1. The van der Waals surface area contributed by atoms with Crippen molar-refractivity contribution >= 4 is 11.8 Å². The summed E-state index contributed by atoms with van der Waals surface area (Å²) in [5.41, 5.74) is 7.13. The molecule has 2 aromatic carbocycles. The van der Waals surface area contributed by atoms with E-state index in [9.17, 15) is 14.0 Å². The fourth-order valence-electron chi connectivity index (χ4n) is 2.25. The highest BCUT2D eigenvalue weighted by molar-refractivity contribution is 5.86. The molecule has 3 N–H and O–H groups in total. The maximum absolute atomic E-state index is 12.9. The van der Waals surface area contributed by atoms with Crippen molar-refractivity contribution in [2.75, 3.05) is 0 Å². The van der Waals surface area contributed by atoms with Crippen LogP contribution in [0.2, 0.25) is 0 Å². The zero-order chi connectivity index (χ0) is 16.7. The summed E-state index contributed by atoms with van der Waals surface area (Å²) < 4.78 is 12.9. The first-order valence-corrected chi connectivity index (χ1v) is 7.41. The smallest absolute Gasteiger partial charge is 0.240 e. The molecule has 0 spiro atoms. The van der Waals surface area contributed by atoms with Gasteiger partial charge in [-0.05, 0) is 29.7 Å². The van der Waals surface area contributed by atoms with Crippen molar-refractivity contribution in [3.05, 3.63) is 71.5 Å². The van der Waals surface area contributed by atoms with Gasteiger partial charge in [-0.3, -0.25) is 9.59 Å². The van der Waals surface area contributed by atoms with E-state index < -0.39 is 11.9 Å². The van der Waals surface area contributed by atoms with Crippen molar-refractivity contribution in [2.45, 2.75) is 25.3 Å². The van der Waals surface area contributed by atoms with Crippen LogP contribution in [0.5, 0.6) is 0 Å². The Morgan fingerprint density at radius 2 is 1.65 bits per heavy atom. The fraction of sp³-hybridized carbons (Fsp3) is 0.222. The van der Waals surface area contributed by atoms with Crippen molar-refractivity contribution in [3.63, 3.8) is 0 Å². The molecule has 23 heavy (non-hydrogen) atoms. The number of primary amides is 1. The maximum Gasteiger partial charge on any atom is 0.240 e. The molecule has 2 rings (SSSR count). The van der Waals surface area contributed by atoms with Gasteiger partial charge in [-0.15, -0.1) is 0 Å². The number of carbonyl (C=O) groups is 2. The third-order valence-corrected chi connectivity index (χ3v) is 3.52. The van der Waals surface area contributed by atoms with Gasteiger partial charge in [-0.2, -0.15) is 0 Å². The van der Waals surface area contributed by atoms with Gasteiger partial charge in [0, 0.05) is 12.8 Å². The zero-order valence-electron chi connectivity index (χ0n) is 12.7. The Morgan fingerprint density at radius 3 is 2.26 bits per heavy atom. The summed E-state index contributed by atoms with van der Waals surface area (Å²) in [6.45, 7) is 0. The van der Waals surface area contributed by atoms with Crippen LogP contribution in [-0.4, -0.2) is 17.9 Å². The second kappa shape index (κ2) is 8.08. The van der Waals surface area contributed by atoms with Gasteiger partial charge in [0.1, 0.15) is 11.9 Å². The molecule has 1 atom stereocenters. The predicted molar refractivity (Wildman–Crippen MR) is 86.0 cm³/mol. The van der Waals surface area contributed by atoms with Crippen LogP contribution in [0.4, 0.5) is 4.39 Å². The Labute approximate surface area is 134 Å². The van der Waals surface area contributed by atoms with E-state index in [2.05, 4.69) is 5.32 Å². The average Bonchev–Trinajstić information content (AvgIpc) is 2.55. The highest BCUT2D eigenvalue weighted by Crippen LogP contribution is 2.07. The van der Waals surface area contributed by atoms with Crippen LogP contribution in [-0.2, 0) is 22.4 Å². The zero-order valence-corrected chi connectivity index (χ0v) is 12.7. The predicted octanol–water partition coefficient (Wildman–Crippen LogP) is 1.97. The van der Waals surface area contributed by atoms with Gasteiger partial charge in [-0.1, -0.05) is 42.5 Å². The van der Waals surface area contributed by atoms with E-state index in [0.29, 0.717) is 6.42 Å². The number of aryl methyl sites for hydroxylation is 1. The number of hydrogen-bond acceptors (Lipinski definition) is 2. The molecule has 0 saturated heterocycles. The number of benzene rings is 2. The Morgan fingerprint density at radius 1 is 1.00 bits per heavy atom. The van der Waals surface area contributed by atoms with Crippen LogP contribution in [0.1, 0.15) is 17.5 Å². The van der Waals surface area contributed by atoms with E-state index in [-0.39, 0.29) is 24.6 Å². The SMILES string of the molecule is NC(=O)[C@H](Cc1ccc(F)cc1)NC(=O)CCc1ccccc1. The molecule has 0 unspecified atom stereocenters. The monoisotopic (exact) mass is 314 g/mol. The summed E-state index contributed by atoms with van der Waals surface area (Å²) in [5.74, 6) is -1.20. The summed E-state index contributed by atoms with van der Waals surface area (Å²) >= 11 is 0. The molecule has 0 aromatic heterocycles. The quantitative estimate of drug-likeness (QED) is 0.820. The first-order chi connectivity index (χ1) is 11.0. The summed E-state index contributed by atoms with van der Waals surface area (Å²) in [6.07, 6.45) is 1.11. The van der Waals surface area contributed by atoms with Crippen molar-refractivity contribution in [1.82, 2.24) is 5.32 Å². The number of nitrogens with two attached hydrogens (primary N) is 1. The molecule has 0 bridgehead atoms. The minimum atomic E-state index is -0.802. The van der Waals surface area contributed by atoms with Gasteiger partial charge in [0.15, 0.2) is 0 Å². The molecule has 0 heterocycles. The van der Waals surface area contributed by atoms with Gasteiger partial charge in [-0.25, -0.2) is 4.39 Å². The van der Waals surface area contributed by atoms with E-state index in [1.165, 1.54) is 12.1 Å². The van der Waals surface area contributed by atoms with E-state index in [0.717, 1.165) is 11.1 Å². The molecule has 0 aliphatic carbocycles. The molecule has 0 radical (unpaired) electrons. The van der Waals surface area contributed by atoms with Crippen LogP contribution >= 0.6 is 0 Å². The van der Waals surface area contributed by atoms with Gasteiger partial charge in [0.25, 0.3) is 0 Å². The second-order valence-electron chi connectivity index (χ2n) is 5.34. The Kier molecular flexibility index (Phi) is 5.86. The third kappa shape index (κ3) is 5.54. The number of amides is 2. The van der Waals surface area contributed by atoms with E-state index in [4.69, 9.17) is 5.73 Å². The van der Waals surface area contributed by atoms with Gasteiger partial charge in [0.05, 0.1) is 0 Å². The molecule has 0 aliphatic rings. The number of rotatable bonds is 7. The summed E-state index contributed by atoms with van der Waals surface area (Å²) in [5, 5.41) is 2.64. The molecule has 5 heteroatoms. The molecule has 2 amide bonds. The topological polar surface area (TPSA) is 72.2 Å². The lowest BCUT2D eigenvalue weighted by atomic mass is 10.0.